The van der Waals surface area contributed by atoms with Crippen molar-refractivity contribution < 1.29 is 38.7 Å². The van der Waals surface area contributed by atoms with E-state index in [0.29, 0.717) is 6.20 Å². The third-order valence-corrected chi connectivity index (χ3v) is 2.97. The minimum absolute atomic E-state index is 0.576. The van der Waals surface area contributed by atoms with Crippen molar-refractivity contribution in [2.45, 2.75) is 30.7 Å². The number of carbonyl (C=O) groups excluding carboxylic acids is 1. The molecule has 1 aromatic rings. The van der Waals surface area contributed by atoms with Crippen LogP contribution < -0.4 is 10.4 Å². The van der Waals surface area contributed by atoms with Crippen LogP contribution in [0.2, 0.25) is 0 Å². The van der Waals surface area contributed by atoms with E-state index in [1.54, 1.807) is 0 Å². The van der Waals surface area contributed by atoms with Gasteiger partial charge in [-0.2, -0.15) is 9.37 Å². The number of aromatic amines is 1. The topological polar surface area (TPSA) is 151 Å². The van der Waals surface area contributed by atoms with Gasteiger partial charge in [0.2, 0.25) is 18.0 Å². The molecule has 0 unspecified atom stereocenters. The third-order valence-electron chi connectivity index (χ3n) is 2.97. The van der Waals surface area contributed by atoms with Gasteiger partial charge >= 0.3 is 11.7 Å². The van der Waals surface area contributed by atoms with Crippen molar-refractivity contribution in [1.82, 2.24) is 9.97 Å². The Morgan fingerprint density at radius 3 is 2.68 bits per heavy atom. The monoisotopic (exact) mass is 320 g/mol. The molecule has 1 aromatic heterocycles. The fourth-order valence-electron chi connectivity index (χ4n) is 1.82. The first-order valence-corrected chi connectivity index (χ1v) is 6.04. The molecule has 0 saturated carbocycles. The molecule has 2 heterocycles. The number of halogens is 1. The minimum atomic E-state index is -1.82. The lowest BCUT2D eigenvalue weighted by molar-refractivity contribution is -0.272. The van der Waals surface area contributed by atoms with Crippen LogP contribution in [0, 0.1) is 5.82 Å². The summed E-state index contributed by atoms with van der Waals surface area (Å²) in [5.74, 6) is -2.81. The summed E-state index contributed by atoms with van der Waals surface area (Å²) in [4.78, 5) is 27.5. The smallest absolute Gasteiger partial charge is 0.347 e. The Bertz CT molecular complexity index is 608. The van der Waals surface area contributed by atoms with Crippen LogP contribution in [0.25, 0.3) is 0 Å². The van der Waals surface area contributed by atoms with Gasteiger partial charge in [0.05, 0.1) is 13.3 Å². The molecular weight excluding hydrogens is 307 g/mol. The van der Waals surface area contributed by atoms with Crippen LogP contribution in [0.3, 0.4) is 0 Å². The third kappa shape index (κ3) is 3.06. The summed E-state index contributed by atoms with van der Waals surface area (Å²) in [5.41, 5.74) is -0.924. The van der Waals surface area contributed by atoms with Crippen LogP contribution in [-0.2, 0) is 14.3 Å². The van der Waals surface area contributed by atoms with E-state index in [1.165, 1.54) is 0 Å². The van der Waals surface area contributed by atoms with Gasteiger partial charge in [0.1, 0.15) is 18.3 Å². The molecule has 0 radical (unpaired) electrons. The molecule has 0 bridgehead atoms. The lowest BCUT2D eigenvalue weighted by Crippen LogP contribution is -2.61. The van der Waals surface area contributed by atoms with Crippen molar-refractivity contribution in [2.75, 3.05) is 7.11 Å². The Labute approximate surface area is 122 Å². The highest BCUT2D eigenvalue weighted by Crippen LogP contribution is 2.24. The highest BCUT2D eigenvalue weighted by molar-refractivity contribution is 5.75. The lowest BCUT2D eigenvalue weighted by atomic mass is 9.99. The summed E-state index contributed by atoms with van der Waals surface area (Å²) in [5, 5.41) is 29.1. The van der Waals surface area contributed by atoms with Crippen molar-refractivity contribution in [1.29, 1.82) is 0 Å². The molecular formula is C11H13FN2O8. The van der Waals surface area contributed by atoms with Crippen LogP contribution in [0.4, 0.5) is 4.39 Å². The fraction of sp³-hybridized carbons (Fsp3) is 0.545. The van der Waals surface area contributed by atoms with E-state index in [1.807, 2.05) is 4.98 Å². The summed E-state index contributed by atoms with van der Waals surface area (Å²) in [6.45, 7) is 0. The van der Waals surface area contributed by atoms with Crippen LogP contribution in [-0.4, -0.2) is 69.1 Å². The molecule has 10 nitrogen and oxygen atoms in total. The number of esters is 1. The highest BCUT2D eigenvalue weighted by Gasteiger charge is 2.48. The largest absolute Gasteiger partial charge is 0.467 e. The maximum atomic E-state index is 13.4. The number of aliphatic hydroxyl groups excluding tert-OH is 3. The van der Waals surface area contributed by atoms with Gasteiger partial charge in [-0.3, -0.25) is 4.98 Å². The number of methoxy groups -OCH3 is 1. The first-order valence-electron chi connectivity index (χ1n) is 6.04. The average Bonchev–Trinajstić information content (AvgIpc) is 2.50. The van der Waals surface area contributed by atoms with Crippen molar-refractivity contribution in [2.24, 2.45) is 0 Å². The van der Waals surface area contributed by atoms with Crippen LogP contribution in [0.5, 0.6) is 5.88 Å². The van der Waals surface area contributed by atoms with E-state index in [0.717, 1.165) is 7.11 Å². The Kier molecular flexibility index (Phi) is 4.71. The van der Waals surface area contributed by atoms with Crippen LogP contribution in [0.1, 0.15) is 0 Å². The number of rotatable bonds is 3. The molecule has 1 aliphatic rings. The van der Waals surface area contributed by atoms with Crippen LogP contribution >= 0.6 is 0 Å². The lowest BCUT2D eigenvalue weighted by Gasteiger charge is -2.38. The van der Waals surface area contributed by atoms with E-state index in [9.17, 15) is 29.3 Å². The van der Waals surface area contributed by atoms with Gasteiger partial charge in [0, 0.05) is 0 Å². The molecule has 122 valence electrons. The maximum absolute atomic E-state index is 13.4. The molecule has 0 aromatic carbocycles. The predicted molar refractivity (Wildman–Crippen MR) is 64.1 cm³/mol. The van der Waals surface area contributed by atoms with Gasteiger partial charge in [-0.05, 0) is 0 Å². The number of aromatic nitrogens is 2. The second-order valence-electron chi connectivity index (χ2n) is 4.40. The fourth-order valence-corrected chi connectivity index (χ4v) is 1.82. The molecule has 11 heteroatoms. The second-order valence-corrected chi connectivity index (χ2v) is 4.40. The molecule has 5 atom stereocenters. The van der Waals surface area contributed by atoms with Crippen LogP contribution in [0.15, 0.2) is 11.0 Å². The molecule has 0 spiro atoms. The Morgan fingerprint density at radius 2 is 2.05 bits per heavy atom. The number of nitrogens with one attached hydrogen (secondary N) is 1. The molecule has 1 fully saturated rings. The number of H-pyrrole nitrogens is 1. The Hall–Kier alpha value is -2.08. The average molecular weight is 320 g/mol. The molecule has 1 aliphatic heterocycles. The first-order chi connectivity index (χ1) is 10.3. The van der Waals surface area contributed by atoms with Gasteiger partial charge in [-0.25, -0.2) is 9.59 Å². The highest BCUT2D eigenvalue weighted by atomic mass is 19.1. The first kappa shape index (κ1) is 16.3. The molecule has 1 saturated heterocycles. The normalized spacial score (nSPS) is 31.6. The van der Waals surface area contributed by atoms with E-state index in [4.69, 9.17) is 9.47 Å². The Morgan fingerprint density at radius 1 is 1.36 bits per heavy atom. The zero-order valence-electron chi connectivity index (χ0n) is 11.2. The van der Waals surface area contributed by atoms with E-state index in [-0.39, 0.29) is 0 Å². The van der Waals surface area contributed by atoms with Crippen molar-refractivity contribution in [3.63, 3.8) is 0 Å². The van der Waals surface area contributed by atoms with Gasteiger partial charge in [-0.1, -0.05) is 0 Å². The maximum Gasteiger partial charge on any atom is 0.347 e. The zero-order valence-corrected chi connectivity index (χ0v) is 11.2. The standard InChI is InChI=1S/C11H13FN2O8/c1-20-9(18)7-5(16)4(15)6(17)10(21-7)22-8-3(12)2-13-11(19)14-8/h2,4-7,10,15-17H,1H3,(H,13,14,19)/t4-,5-,6+,7-,10-/m0/s1. The van der Waals surface area contributed by atoms with Crippen molar-refractivity contribution >= 4 is 5.97 Å². The van der Waals surface area contributed by atoms with Gasteiger partial charge in [0.25, 0.3) is 0 Å². The number of ether oxygens (including phenoxy) is 3. The van der Waals surface area contributed by atoms with Crippen molar-refractivity contribution in [3.05, 3.63) is 22.5 Å². The quantitative estimate of drug-likeness (QED) is 0.435. The van der Waals surface area contributed by atoms with Crippen molar-refractivity contribution in [3.8, 4) is 5.88 Å². The number of carbonyl (C=O) groups is 1. The minimum Gasteiger partial charge on any atom is -0.467 e. The molecule has 4 N–H and O–H groups in total. The summed E-state index contributed by atoms with van der Waals surface area (Å²) in [7, 11) is 1.02. The van der Waals surface area contributed by atoms with E-state index >= 15 is 0 Å². The molecule has 2 rings (SSSR count). The van der Waals surface area contributed by atoms with E-state index in [2.05, 4.69) is 9.72 Å². The zero-order chi connectivity index (χ0) is 16.4. The summed E-state index contributed by atoms with van der Waals surface area (Å²) in [6.07, 6.45) is -8.23. The second kappa shape index (κ2) is 6.36. The van der Waals surface area contributed by atoms with Gasteiger partial charge in [-0.15, -0.1) is 0 Å². The summed E-state index contributed by atoms with van der Waals surface area (Å²) in [6, 6.07) is 0. The SMILES string of the molecule is COC(=O)[C@H]1O[C@@H](Oc2[nH]c(=O)ncc2F)[C@H](O)[C@@H](O)[C@@H]1O. The predicted octanol–water partition coefficient (Wildman–Crippen LogP) is -2.73. The van der Waals surface area contributed by atoms with Gasteiger partial charge in [0.15, 0.2) is 6.10 Å². The summed E-state index contributed by atoms with van der Waals surface area (Å²) < 4.78 is 27.7. The van der Waals surface area contributed by atoms with E-state index < -0.39 is 54.1 Å². The molecule has 0 aliphatic carbocycles. The molecule has 22 heavy (non-hydrogen) atoms. The summed E-state index contributed by atoms with van der Waals surface area (Å²) >= 11 is 0. The molecule has 0 amide bonds. The number of hydrogen-bond acceptors (Lipinski definition) is 9. The number of nitrogens with zero attached hydrogens (tertiary/aromatic N) is 1. The Balaban J connectivity index is 2.23. The van der Waals surface area contributed by atoms with Gasteiger partial charge < -0.3 is 29.5 Å². The number of aliphatic hydroxyl groups is 3. The number of hydrogen-bond donors (Lipinski definition) is 4.